The standard InChI is InChI=1S/C18H17FN2O/c1-11-3-4-12(2)17(7-11)21-18(22)8-13-10-20-16-6-5-14(19)9-15(13)16/h3-7,9-10,20H,8H2,1-2H3,(H,21,22). The van der Waals surface area contributed by atoms with Crippen LogP contribution >= 0.6 is 0 Å². The lowest BCUT2D eigenvalue weighted by Crippen LogP contribution is -2.15. The molecule has 3 aromatic rings. The monoisotopic (exact) mass is 296 g/mol. The third-order valence-corrected chi connectivity index (χ3v) is 3.75. The second kappa shape index (κ2) is 5.64. The molecule has 0 aliphatic rings. The van der Waals surface area contributed by atoms with E-state index in [-0.39, 0.29) is 18.1 Å². The number of anilines is 1. The Morgan fingerprint density at radius 1 is 1.18 bits per heavy atom. The average molecular weight is 296 g/mol. The van der Waals surface area contributed by atoms with E-state index in [0.29, 0.717) is 0 Å². The molecule has 1 heterocycles. The van der Waals surface area contributed by atoms with E-state index in [4.69, 9.17) is 0 Å². The zero-order chi connectivity index (χ0) is 15.7. The Bertz CT molecular complexity index is 851. The average Bonchev–Trinajstić information content (AvgIpc) is 2.85. The molecular formula is C18H17FN2O. The molecule has 112 valence electrons. The first kappa shape index (κ1) is 14.3. The second-order valence-electron chi connectivity index (χ2n) is 5.55. The highest BCUT2D eigenvalue weighted by Crippen LogP contribution is 2.21. The predicted octanol–water partition coefficient (Wildman–Crippen LogP) is 4.11. The van der Waals surface area contributed by atoms with Gasteiger partial charge < -0.3 is 10.3 Å². The molecule has 0 unspecified atom stereocenters. The van der Waals surface area contributed by atoms with Crippen molar-refractivity contribution in [1.29, 1.82) is 0 Å². The van der Waals surface area contributed by atoms with Crippen molar-refractivity contribution >= 4 is 22.5 Å². The van der Waals surface area contributed by atoms with Gasteiger partial charge in [0.2, 0.25) is 5.91 Å². The van der Waals surface area contributed by atoms with Gasteiger partial charge in [-0.3, -0.25) is 4.79 Å². The minimum atomic E-state index is -0.303. The number of H-pyrrole nitrogens is 1. The largest absolute Gasteiger partial charge is 0.361 e. The van der Waals surface area contributed by atoms with E-state index in [2.05, 4.69) is 10.3 Å². The van der Waals surface area contributed by atoms with Crippen molar-refractivity contribution in [2.24, 2.45) is 0 Å². The van der Waals surface area contributed by atoms with Crippen molar-refractivity contribution in [3.8, 4) is 0 Å². The lowest BCUT2D eigenvalue weighted by molar-refractivity contribution is -0.115. The van der Waals surface area contributed by atoms with Crippen molar-refractivity contribution in [2.75, 3.05) is 5.32 Å². The molecule has 3 rings (SSSR count). The van der Waals surface area contributed by atoms with Crippen molar-refractivity contribution < 1.29 is 9.18 Å². The molecule has 4 heteroatoms. The van der Waals surface area contributed by atoms with Crippen LogP contribution in [0.3, 0.4) is 0 Å². The lowest BCUT2D eigenvalue weighted by atomic mass is 10.1. The molecular weight excluding hydrogens is 279 g/mol. The molecule has 0 saturated carbocycles. The van der Waals surface area contributed by atoms with Crippen molar-refractivity contribution in [1.82, 2.24) is 4.98 Å². The van der Waals surface area contributed by atoms with Crippen LogP contribution in [-0.4, -0.2) is 10.9 Å². The highest BCUT2D eigenvalue weighted by Gasteiger charge is 2.11. The highest BCUT2D eigenvalue weighted by molar-refractivity contribution is 5.96. The molecule has 0 aliphatic heterocycles. The number of hydrogen-bond acceptors (Lipinski definition) is 1. The van der Waals surface area contributed by atoms with Crippen molar-refractivity contribution in [3.63, 3.8) is 0 Å². The van der Waals surface area contributed by atoms with Crippen LogP contribution in [0, 0.1) is 19.7 Å². The maximum atomic E-state index is 13.4. The number of fused-ring (bicyclic) bond motifs is 1. The fourth-order valence-corrected chi connectivity index (χ4v) is 2.53. The first-order valence-electron chi connectivity index (χ1n) is 7.15. The normalized spacial score (nSPS) is 10.9. The van der Waals surface area contributed by atoms with Crippen molar-refractivity contribution in [3.05, 3.63) is 65.1 Å². The number of hydrogen-bond donors (Lipinski definition) is 2. The predicted molar refractivity (Wildman–Crippen MR) is 86.5 cm³/mol. The van der Waals surface area contributed by atoms with E-state index in [1.807, 2.05) is 32.0 Å². The van der Waals surface area contributed by atoms with Gasteiger partial charge in [-0.15, -0.1) is 0 Å². The lowest BCUT2D eigenvalue weighted by Gasteiger charge is -2.09. The number of amides is 1. The molecule has 0 atom stereocenters. The Morgan fingerprint density at radius 2 is 2.00 bits per heavy atom. The first-order valence-corrected chi connectivity index (χ1v) is 7.15. The highest BCUT2D eigenvalue weighted by atomic mass is 19.1. The number of benzene rings is 2. The topological polar surface area (TPSA) is 44.9 Å². The summed E-state index contributed by atoms with van der Waals surface area (Å²) in [5.41, 5.74) is 4.54. The number of aromatic amines is 1. The minimum absolute atomic E-state index is 0.112. The summed E-state index contributed by atoms with van der Waals surface area (Å²) in [5.74, 6) is -0.415. The summed E-state index contributed by atoms with van der Waals surface area (Å²) in [6, 6.07) is 10.5. The zero-order valence-electron chi connectivity index (χ0n) is 12.5. The maximum Gasteiger partial charge on any atom is 0.228 e. The molecule has 0 aliphatic carbocycles. The summed E-state index contributed by atoms with van der Waals surface area (Å²) in [6.07, 6.45) is 1.96. The van der Waals surface area contributed by atoms with Crippen LogP contribution in [0.1, 0.15) is 16.7 Å². The Hall–Kier alpha value is -2.62. The zero-order valence-corrected chi connectivity index (χ0v) is 12.5. The Morgan fingerprint density at radius 3 is 2.82 bits per heavy atom. The Balaban J connectivity index is 1.81. The number of carbonyl (C=O) groups excluding carboxylic acids is 1. The van der Waals surface area contributed by atoms with E-state index in [1.54, 1.807) is 12.3 Å². The van der Waals surface area contributed by atoms with Crippen LogP contribution < -0.4 is 5.32 Å². The smallest absolute Gasteiger partial charge is 0.228 e. The summed E-state index contributed by atoms with van der Waals surface area (Å²) in [5, 5.41) is 3.67. The second-order valence-corrected chi connectivity index (χ2v) is 5.55. The molecule has 2 N–H and O–H groups in total. The molecule has 22 heavy (non-hydrogen) atoms. The number of halogens is 1. The molecule has 2 aromatic carbocycles. The maximum absolute atomic E-state index is 13.4. The van der Waals surface area contributed by atoms with Gasteiger partial charge in [0.05, 0.1) is 6.42 Å². The van der Waals surface area contributed by atoms with E-state index in [9.17, 15) is 9.18 Å². The summed E-state index contributed by atoms with van der Waals surface area (Å²) < 4.78 is 13.4. The molecule has 0 saturated heterocycles. The van der Waals surface area contributed by atoms with Gasteiger partial charge in [-0.2, -0.15) is 0 Å². The molecule has 3 nitrogen and oxygen atoms in total. The van der Waals surface area contributed by atoms with E-state index in [0.717, 1.165) is 33.3 Å². The van der Waals surface area contributed by atoms with E-state index in [1.165, 1.54) is 12.1 Å². The number of carbonyl (C=O) groups is 1. The van der Waals surface area contributed by atoms with Gasteiger partial charge in [0, 0.05) is 22.8 Å². The number of rotatable bonds is 3. The van der Waals surface area contributed by atoms with Gasteiger partial charge in [0.1, 0.15) is 5.82 Å². The fraction of sp³-hybridized carbons (Fsp3) is 0.167. The van der Waals surface area contributed by atoms with Crippen molar-refractivity contribution in [2.45, 2.75) is 20.3 Å². The molecule has 0 bridgehead atoms. The molecule has 1 aromatic heterocycles. The van der Waals surface area contributed by atoms with Gasteiger partial charge in [-0.25, -0.2) is 4.39 Å². The molecule has 0 fully saturated rings. The van der Waals surface area contributed by atoms with Crippen LogP contribution in [0.2, 0.25) is 0 Å². The van der Waals surface area contributed by atoms with Gasteiger partial charge in [0.15, 0.2) is 0 Å². The van der Waals surface area contributed by atoms with Crippen LogP contribution in [0.25, 0.3) is 10.9 Å². The van der Waals surface area contributed by atoms with Crippen LogP contribution in [0.5, 0.6) is 0 Å². The number of aryl methyl sites for hydroxylation is 2. The third kappa shape index (κ3) is 2.86. The van der Waals surface area contributed by atoms with Crippen LogP contribution in [0.4, 0.5) is 10.1 Å². The molecule has 1 amide bonds. The third-order valence-electron chi connectivity index (χ3n) is 3.75. The quantitative estimate of drug-likeness (QED) is 0.750. The van der Waals surface area contributed by atoms with E-state index < -0.39 is 0 Å². The first-order chi connectivity index (χ1) is 10.5. The van der Waals surface area contributed by atoms with E-state index >= 15 is 0 Å². The van der Waals surface area contributed by atoms with Gasteiger partial charge >= 0.3 is 0 Å². The Labute approximate surface area is 128 Å². The molecule has 0 spiro atoms. The minimum Gasteiger partial charge on any atom is -0.361 e. The summed E-state index contributed by atoms with van der Waals surface area (Å²) in [4.78, 5) is 15.3. The van der Waals surface area contributed by atoms with Gasteiger partial charge in [0.25, 0.3) is 0 Å². The van der Waals surface area contributed by atoms with Gasteiger partial charge in [-0.1, -0.05) is 12.1 Å². The van der Waals surface area contributed by atoms with Gasteiger partial charge in [-0.05, 0) is 54.8 Å². The van der Waals surface area contributed by atoms with Crippen LogP contribution in [-0.2, 0) is 11.2 Å². The number of nitrogens with one attached hydrogen (secondary N) is 2. The summed E-state index contributed by atoms with van der Waals surface area (Å²) in [7, 11) is 0. The molecule has 0 radical (unpaired) electrons. The summed E-state index contributed by atoms with van der Waals surface area (Å²) in [6.45, 7) is 3.94. The summed E-state index contributed by atoms with van der Waals surface area (Å²) >= 11 is 0. The Kier molecular flexibility index (Phi) is 3.67. The number of aromatic nitrogens is 1. The van der Waals surface area contributed by atoms with Crippen LogP contribution in [0.15, 0.2) is 42.6 Å². The SMILES string of the molecule is Cc1ccc(C)c(NC(=O)Cc2c[nH]c3ccc(F)cc23)c1. The fourth-order valence-electron chi connectivity index (χ4n) is 2.53.